The lowest BCUT2D eigenvalue weighted by molar-refractivity contribution is 0.0805. The maximum absolute atomic E-state index is 12.4. The fourth-order valence-corrected chi connectivity index (χ4v) is 3.80. The van der Waals surface area contributed by atoms with Crippen molar-refractivity contribution in [2.75, 3.05) is 19.7 Å². The van der Waals surface area contributed by atoms with Crippen molar-refractivity contribution in [3.63, 3.8) is 0 Å². The summed E-state index contributed by atoms with van der Waals surface area (Å²) in [5.41, 5.74) is 0. The molecule has 0 atom stereocenters. The molecule has 0 unspecified atom stereocenters. The Bertz CT molecular complexity index is 510. The van der Waals surface area contributed by atoms with Gasteiger partial charge in [0.05, 0.1) is 11.5 Å². The molecule has 106 valence electrons. The van der Waals surface area contributed by atoms with Gasteiger partial charge in [-0.15, -0.1) is 0 Å². The summed E-state index contributed by atoms with van der Waals surface area (Å²) >= 11 is 5.77. The van der Waals surface area contributed by atoms with Crippen molar-refractivity contribution in [2.45, 2.75) is 17.7 Å². The molecule has 0 radical (unpaired) electrons. The van der Waals surface area contributed by atoms with E-state index in [1.807, 2.05) is 0 Å². The first-order valence-corrected chi connectivity index (χ1v) is 7.93. The van der Waals surface area contributed by atoms with E-state index in [2.05, 4.69) is 4.84 Å². The van der Waals surface area contributed by atoms with Gasteiger partial charge in [-0.25, -0.2) is 14.3 Å². The van der Waals surface area contributed by atoms with Crippen LogP contribution in [0.2, 0.25) is 5.02 Å². The van der Waals surface area contributed by atoms with Gasteiger partial charge in [-0.3, -0.25) is 0 Å². The first-order chi connectivity index (χ1) is 9.04. The summed E-state index contributed by atoms with van der Waals surface area (Å²) in [5, 5.41) is 0.526. The number of hydrogen-bond donors (Lipinski definition) is 1. The molecule has 0 saturated carbocycles. The minimum Gasteiger partial charge on any atom is -0.304 e. The molecule has 5 nitrogen and oxygen atoms in total. The predicted octanol–water partition coefficient (Wildman–Crippen LogP) is 1.63. The van der Waals surface area contributed by atoms with Crippen LogP contribution in [-0.4, -0.2) is 32.4 Å². The van der Waals surface area contributed by atoms with Gasteiger partial charge >= 0.3 is 0 Å². The summed E-state index contributed by atoms with van der Waals surface area (Å²) in [6.45, 7) is 1.48. The highest BCUT2D eigenvalue weighted by Crippen LogP contribution is 2.24. The molecular formula is C12H17ClN2O3S. The van der Waals surface area contributed by atoms with Crippen LogP contribution in [0, 0.1) is 5.92 Å². The summed E-state index contributed by atoms with van der Waals surface area (Å²) in [6, 6.07) is 6.24. The predicted molar refractivity (Wildman–Crippen MR) is 73.1 cm³/mol. The van der Waals surface area contributed by atoms with E-state index in [9.17, 15) is 8.42 Å². The van der Waals surface area contributed by atoms with Crippen LogP contribution < -0.4 is 5.90 Å². The zero-order chi connectivity index (χ0) is 13.9. The topological polar surface area (TPSA) is 72.6 Å². The van der Waals surface area contributed by atoms with Crippen LogP contribution in [0.5, 0.6) is 0 Å². The van der Waals surface area contributed by atoms with Crippen molar-refractivity contribution in [3.8, 4) is 0 Å². The first-order valence-electron chi connectivity index (χ1n) is 6.11. The summed E-state index contributed by atoms with van der Waals surface area (Å²) < 4.78 is 26.3. The lowest BCUT2D eigenvalue weighted by Crippen LogP contribution is -2.39. The van der Waals surface area contributed by atoms with Crippen LogP contribution >= 0.6 is 11.6 Å². The number of benzene rings is 1. The molecule has 1 saturated heterocycles. The van der Waals surface area contributed by atoms with Crippen LogP contribution in [0.3, 0.4) is 0 Å². The molecule has 7 heteroatoms. The Labute approximate surface area is 118 Å². The number of hydrogen-bond acceptors (Lipinski definition) is 4. The number of sulfonamides is 1. The lowest BCUT2D eigenvalue weighted by atomic mass is 9.99. The second kappa shape index (κ2) is 6.19. The summed E-state index contributed by atoms with van der Waals surface area (Å²) in [7, 11) is -3.41. The Balaban J connectivity index is 2.07. The van der Waals surface area contributed by atoms with E-state index in [0.717, 1.165) is 12.8 Å². The molecule has 2 rings (SSSR count). The fraction of sp³-hybridized carbons (Fsp3) is 0.500. The average Bonchev–Trinajstić information content (AvgIpc) is 2.40. The van der Waals surface area contributed by atoms with E-state index in [-0.39, 0.29) is 4.90 Å². The standard InChI is InChI=1S/C12H17ClN2O3S/c13-11-1-3-12(4-2-11)19(16,17)15-7-5-10(6-8-15)9-18-14/h1-4,10H,5-9,14H2. The molecule has 0 aliphatic carbocycles. The zero-order valence-electron chi connectivity index (χ0n) is 10.5. The molecule has 1 aromatic carbocycles. The van der Waals surface area contributed by atoms with Crippen molar-refractivity contribution in [3.05, 3.63) is 29.3 Å². The zero-order valence-corrected chi connectivity index (χ0v) is 12.0. The van der Waals surface area contributed by atoms with Crippen LogP contribution in [0.15, 0.2) is 29.2 Å². The Morgan fingerprint density at radius 1 is 1.26 bits per heavy atom. The first kappa shape index (κ1) is 14.7. The number of rotatable bonds is 4. The van der Waals surface area contributed by atoms with Crippen LogP contribution in [0.4, 0.5) is 0 Å². The van der Waals surface area contributed by atoms with Crippen LogP contribution in [0.25, 0.3) is 0 Å². The maximum Gasteiger partial charge on any atom is 0.243 e. The van der Waals surface area contributed by atoms with Crippen LogP contribution in [-0.2, 0) is 14.9 Å². The average molecular weight is 305 g/mol. The van der Waals surface area contributed by atoms with Gasteiger partial charge in [-0.05, 0) is 43.0 Å². The molecule has 19 heavy (non-hydrogen) atoms. The number of nitrogens with two attached hydrogens (primary N) is 1. The Morgan fingerprint density at radius 3 is 2.37 bits per heavy atom. The third kappa shape index (κ3) is 3.46. The van der Waals surface area contributed by atoms with Gasteiger partial charge in [-0.2, -0.15) is 4.31 Å². The second-order valence-electron chi connectivity index (χ2n) is 4.63. The highest BCUT2D eigenvalue weighted by atomic mass is 35.5. The smallest absolute Gasteiger partial charge is 0.243 e. The third-order valence-corrected chi connectivity index (χ3v) is 5.52. The van der Waals surface area contributed by atoms with E-state index >= 15 is 0 Å². The van der Waals surface area contributed by atoms with E-state index in [1.54, 1.807) is 12.1 Å². The van der Waals surface area contributed by atoms with Crippen molar-refractivity contribution < 1.29 is 13.3 Å². The van der Waals surface area contributed by atoms with Gasteiger partial charge in [0.1, 0.15) is 0 Å². The monoisotopic (exact) mass is 304 g/mol. The number of nitrogens with zero attached hydrogens (tertiary/aromatic N) is 1. The molecule has 1 aliphatic rings. The maximum atomic E-state index is 12.4. The third-order valence-electron chi connectivity index (χ3n) is 3.36. The lowest BCUT2D eigenvalue weighted by Gasteiger charge is -2.30. The van der Waals surface area contributed by atoms with Gasteiger partial charge in [0.2, 0.25) is 10.0 Å². The fourth-order valence-electron chi connectivity index (χ4n) is 2.21. The SMILES string of the molecule is NOCC1CCN(S(=O)(=O)c2ccc(Cl)cc2)CC1. The van der Waals surface area contributed by atoms with Crippen molar-refractivity contribution >= 4 is 21.6 Å². The Hall–Kier alpha value is -0.660. The molecule has 1 fully saturated rings. The van der Waals surface area contributed by atoms with E-state index in [1.165, 1.54) is 16.4 Å². The molecular weight excluding hydrogens is 288 g/mol. The minimum atomic E-state index is -3.41. The van der Waals surface area contributed by atoms with Gasteiger partial charge in [0, 0.05) is 18.1 Å². The summed E-state index contributed by atoms with van der Waals surface area (Å²) in [4.78, 5) is 4.90. The van der Waals surface area contributed by atoms with Gasteiger partial charge in [0.15, 0.2) is 0 Å². The number of piperidine rings is 1. The van der Waals surface area contributed by atoms with Gasteiger partial charge in [-0.1, -0.05) is 11.6 Å². The molecule has 0 amide bonds. The molecule has 1 aromatic rings. The quantitative estimate of drug-likeness (QED) is 0.858. The van der Waals surface area contributed by atoms with E-state index < -0.39 is 10.0 Å². The van der Waals surface area contributed by atoms with Crippen molar-refractivity contribution in [2.24, 2.45) is 11.8 Å². The molecule has 0 bridgehead atoms. The molecule has 0 aromatic heterocycles. The highest BCUT2D eigenvalue weighted by molar-refractivity contribution is 7.89. The molecule has 0 spiro atoms. The minimum absolute atomic E-state index is 0.283. The van der Waals surface area contributed by atoms with E-state index in [4.69, 9.17) is 17.5 Å². The molecule has 2 N–H and O–H groups in total. The molecule has 1 heterocycles. The van der Waals surface area contributed by atoms with E-state index in [0.29, 0.717) is 30.6 Å². The largest absolute Gasteiger partial charge is 0.304 e. The van der Waals surface area contributed by atoms with Crippen LogP contribution in [0.1, 0.15) is 12.8 Å². The van der Waals surface area contributed by atoms with Gasteiger partial charge < -0.3 is 4.84 Å². The van der Waals surface area contributed by atoms with Crippen molar-refractivity contribution in [1.82, 2.24) is 4.31 Å². The van der Waals surface area contributed by atoms with Crippen molar-refractivity contribution in [1.29, 1.82) is 0 Å². The summed E-state index contributed by atoms with van der Waals surface area (Å²) in [5.74, 6) is 5.38. The summed E-state index contributed by atoms with van der Waals surface area (Å²) in [6.07, 6.45) is 1.54. The normalized spacial score (nSPS) is 18.6. The highest BCUT2D eigenvalue weighted by Gasteiger charge is 2.29. The Morgan fingerprint density at radius 2 is 1.84 bits per heavy atom. The molecule has 1 aliphatic heterocycles. The number of halogens is 1. The van der Waals surface area contributed by atoms with Gasteiger partial charge in [0.25, 0.3) is 0 Å². The second-order valence-corrected chi connectivity index (χ2v) is 7.01. The Kier molecular flexibility index (Phi) is 4.81.